The molecule has 0 heterocycles. The number of hydrogen-bond acceptors (Lipinski definition) is 2. The van der Waals surface area contributed by atoms with E-state index in [1.807, 2.05) is 6.92 Å². The van der Waals surface area contributed by atoms with Crippen molar-refractivity contribution in [2.75, 3.05) is 20.1 Å². The zero-order chi connectivity index (χ0) is 12.0. The van der Waals surface area contributed by atoms with Crippen LogP contribution in [0.4, 0.5) is 4.39 Å². The van der Waals surface area contributed by atoms with Crippen LogP contribution in [0.1, 0.15) is 18.4 Å². The van der Waals surface area contributed by atoms with E-state index in [1.165, 1.54) is 12.1 Å². The van der Waals surface area contributed by atoms with Crippen molar-refractivity contribution in [1.29, 1.82) is 0 Å². The van der Waals surface area contributed by atoms with Gasteiger partial charge in [-0.1, -0.05) is 19.1 Å². The quantitative estimate of drug-likeness (QED) is 0.790. The lowest BCUT2D eigenvalue weighted by molar-refractivity contribution is -0.119. The van der Waals surface area contributed by atoms with Gasteiger partial charge < -0.3 is 10.6 Å². The number of carbonyl (C=O) groups excluding carboxylic acids is 1. The van der Waals surface area contributed by atoms with Gasteiger partial charge in [0, 0.05) is 13.6 Å². The van der Waals surface area contributed by atoms with Gasteiger partial charge in [0.1, 0.15) is 5.82 Å². The van der Waals surface area contributed by atoms with E-state index in [4.69, 9.17) is 0 Å². The summed E-state index contributed by atoms with van der Waals surface area (Å²) in [6, 6.07) is 6.43. The van der Waals surface area contributed by atoms with E-state index in [1.54, 1.807) is 19.2 Å². The number of amides is 1. The molecule has 16 heavy (non-hydrogen) atoms. The molecule has 2 N–H and O–H groups in total. The maximum Gasteiger partial charge on any atom is 0.233 e. The Labute approximate surface area is 95.0 Å². The number of hydrogen-bond donors (Lipinski definition) is 2. The second-order valence-electron chi connectivity index (χ2n) is 3.76. The van der Waals surface area contributed by atoms with E-state index in [0.717, 1.165) is 5.56 Å². The highest BCUT2D eigenvalue weighted by atomic mass is 19.1. The Morgan fingerprint density at radius 2 is 2.00 bits per heavy atom. The number of rotatable bonds is 5. The van der Waals surface area contributed by atoms with Gasteiger partial charge in [-0.3, -0.25) is 4.79 Å². The summed E-state index contributed by atoms with van der Waals surface area (Å²) >= 11 is 0. The molecule has 1 aromatic rings. The molecule has 3 nitrogen and oxygen atoms in total. The largest absolute Gasteiger partial charge is 0.358 e. The average Bonchev–Trinajstić information content (AvgIpc) is 2.29. The van der Waals surface area contributed by atoms with Crippen LogP contribution in [0.25, 0.3) is 0 Å². The molecular weight excluding hydrogens is 207 g/mol. The predicted octanol–water partition coefficient (Wildman–Crippen LogP) is 1.26. The fourth-order valence-corrected chi connectivity index (χ4v) is 1.40. The van der Waals surface area contributed by atoms with E-state index in [9.17, 15) is 9.18 Å². The molecule has 0 spiro atoms. The lowest BCUT2D eigenvalue weighted by atomic mass is 10.0. The van der Waals surface area contributed by atoms with Crippen molar-refractivity contribution in [2.45, 2.75) is 12.8 Å². The Morgan fingerprint density at radius 3 is 2.56 bits per heavy atom. The molecule has 0 fully saturated rings. The van der Waals surface area contributed by atoms with Crippen molar-refractivity contribution in [3.63, 3.8) is 0 Å². The predicted molar refractivity (Wildman–Crippen MR) is 61.8 cm³/mol. The van der Waals surface area contributed by atoms with Gasteiger partial charge in [-0.05, 0) is 23.6 Å². The molecule has 1 aromatic carbocycles. The van der Waals surface area contributed by atoms with Crippen LogP contribution in [0.3, 0.4) is 0 Å². The first kappa shape index (κ1) is 12.6. The number of carbonyl (C=O) groups is 1. The number of halogens is 1. The molecule has 0 aliphatic heterocycles. The van der Waals surface area contributed by atoms with Crippen LogP contribution in [-0.2, 0) is 4.79 Å². The molecule has 1 rings (SSSR count). The van der Waals surface area contributed by atoms with Crippen LogP contribution < -0.4 is 10.6 Å². The Morgan fingerprint density at radius 1 is 1.38 bits per heavy atom. The maximum atomic E-state index is 12.7. The van der Waals surface area contributed by atoms with Gasteiger partial charge in [-0.25, -0.2) is 4.39 Å². The van der Waals surface area contributed by atoms with Crippen molar-refractivity contribution in [3.05, 3.63) is 35.6 Å². The van der Waals surface area contributed by atoms with Crippen molar-refractivity contribution < 1.29 is 9.18 Å². The van der Waals surface area contributed by atoms with Gasteiger partial charge in [0.15, 0.2) is 0 Å². The van der Waals surface area contributed by atoms with Crippen LogP contribution in [0, 0.1) is 5.82 Å². The first-order valence-corrected chi connectivity index (χ1v) is 5.30. The van der Waals surface area contributed by atoms with Gasteiger partial charge in [0.05, 0.1) is 6.54 Å². The molecular formula is C12H17FN2O. The van der Waals surface area contributed by atoms with Gasteiger partial charge in [-0.2, -0.15) is 0 Å². The zero-order valence-electron chi connectivity index (χ0n) is 9.59. The molecule has 0 radical (unpaired) electrons. The minimum atomic E-state index is -0.228. The van der Waals surface area contributed by atoms with Gasteiger partial charge in [-0.15, -0.1) is 0 Å². The van der Waals surface area contributed by atoms with E-state index in [0.29, 0.717) is 13.1 Å². The van der Waals surface area contributed by atoms with E-state index < -0.39 is 0 Å². The molecule has 0 saturated heterocycles. The Kier molecular flexibility index (Phi) is 4.92. The molecule has 1 amide bonds. The Bertz CT molecular complexity index is 337. The number of benzene rings is 1. The van der Waals surface area contributed by atoms with Crippen molar-refractivity contribution >= 4 is 5.91 Å². The monoisotopic (exact) mass is 224 g/mol. The minimum absolute atomic E-state index is 0.0358. The lowest BCUT2D eigenvalue weighted by Crippen LogP contribution is -2.33. The third kappa shape index (κ3) is 3.98. The standard InChI is InChI=1S/C12H17FN2O/c1-9(7-15-8-12(16)14-2)10-3-5-11(13)6-4-10/h3-6,9,15H,7-8H2,1-2H3,(H,14,16). The molecule has 4 heteroatoms. The highest BCUT2D eigenvalue weighted by Crippen LogP contribution is 2.14. The molecule has 0 aliphatic rings. The third-order valence-corrected chi connectivity index (χ3v) is 2.45. The molecule has 88 valence electrons. The first-order chi connectivity index (χ1) is 7.63. The second kappa shape index (κ2) is 6.23. The summed E-state index contributed by atoms with van der Waals surface area (Å²) in [5, 5.41) is 5.58. The van der Waals surface area contributed by atoms with E-state index in [2.05, 4.69) is 10.6 Å². The summed E-state index contributed by atoms with van der Waals surface area (Å²) in [5.74, 6) is -0.00849. The lowest BCUT2D eigenvalue weighted by Gasteiger charge is -2.12. The fraction of sp³-hybridized carbons (Fsp3) is 0.417. The van der Waals surface area contributed by atoms with Crippen molar-refractivity contribution in [2.24, 2.45) is 0 Å². The number of nitrogens with one attached hydrogen (secondary N) is 2. The summed E-state index contributed by atoms with van der Waals surface area (Å²) in [7, 11) is 1.60. The maximum absolute atomic E-state index is 12.7. The first-order valence-electron chi connectivity index (χ1n) is 5.30. The van der Waals surface area contributed by atoms with Crippen molar-refractivity contribution in [1.82, 2.24) is 10.6 Å². The van der Waals surface area contributed by atoms with Crippen LogP contribution in [0.5, 0.6) is 0 Å². The summed E-state index contributed by atoms with van der Waals surface area (Å²) in [4.78, 5) is 11.0. The summed E-state index contributed by atoms with van der Waals surface area (Å²) in [6.45, 7) is 3.03. The summed E-state index contributed by atoms with van der Waals surface area (Å²) in [6.07, 6.45) is 0. The summed E-state index contributed by atoms with van der Waals surface area (Å²) < 4.78 is 12.7. The molecule has 1 atom stereocenters. The molecule has 0 bridgehead atoms. The zero-order valence-corrected chi connectivity index (χ0v) is 9.59. The number of likely N-dealkylation sites (N-methyl/N-ethyl adjacent to an activating group) is 1. The smallest absolute Gasteiger partial charge is 0.233 e. The molecule has 1 unspecified atom stereocenters. The molecule has 0 aliphatic carbocycles. The van der Waals surface area contributed by atoms with Gasteiger partial charge in [0.25, 0.3) is 0 Å². The molecule has 0 saturated carbocycles. The SMILES string of the molecule is CNC(=O)CNCC(C)c1ccc(F)cc1. The normalized spacial score (nSPS) is 12.2. The molecule has 0 aromatic heterocycles. The van der Waals surface area contributed by atoms with Gasteiger partial charge in [0.2, 0.25) is 5.91 Å². The second-order valence-corrected chi connectivity index (χ2v) is 3.76. The highest BCUT2D eigenvalue weighted by molar-refractivity contribution is 5.77. The fourth-order valence-electron chi connectivity index (χ4n) is 1.40. The minimum Gasteiger partial charge on any atom is -0.358 e. The van der Waals surface area contributed by atoms with Crippen molar-refractivity contribution in [3.8, 4) is 0 Å². The highest BCUT2D eigenvalue weighted by Gasteiger charge is 2.05. The summed E-state index contributed by atoms with van der Waals surface area (Å²) in [5.41, 5.74) is 1.06. The topological polar surface area (TPSA) is 41.1 Å². The van der Waals surface area contributed by atoms with E-state index in [-0.39, 0.29) is 17.6 Å². The average molecular weight is 224 g/mol. The Balaban J connectivity index is 2.37. The third-order valence-electron chi connectivity index (χ3n) is 2.45. The van der Waals surface area contributed by atoms with Crippen LogP contribution in [-0.4, -0.2) is 26.0 Å². The van der Waals surface area contributed by atoms with Crippen LogP contribution in [0.2, 0.25) is 0 Å². The van der Waals surface area contributed by atoms with Crippen LogP contribution in [0.15, 0.2) is 24.3 Å². The van der Waals surface area contributed by atoms with Gasteiger partial charge >= 0.3 is 0 Å². The van der Waals surface area contributed by atoms with Crippen LogP contribution >= 0.6 is 0 Å². The Hall–Kier alpha value is -1.42. The van der Waals surface area contributed by atoms with E-state index >= 15 is 0 Å².